The third kappa shape index (κ3) is 2.50. The topological polar surface area (TPSA) is 68.8 Å². The van der Waals surface area contributed by atoms with Crippen LogP contribution in [0.25, 0.3) is 0 Å². The van der Waals surface area contributed by atoms with Crippen LogP contribution in [0.2, 0.25) is 0 Å². The van der Waals surface area contributed by atoms with Gasteiger partial charge >= 0.3 is 0 Å². The first-order valence-corrected chi connectivity index (χ1v) is 5.20. The summed E-state index contributed by atoms with van der Waals surface area (Å²) in [6.07, 6.45) is 5.42. The predicted molar refractivity (Wildman–Crippen MR) is 64.0 cm³/mol. The fourth-order valence-corrected chi connectivity index (χ4v) is 1.51. The number of nitrogens with two attached hydrogens (primary N) is 1. The largest absolute Gasteiger partial charge is 0.396 e. The van der Waals surface area contributed by atoms with Crippen LogP contribution in [0.1, 0.15) is 6.92 Å². The number of anilines is 2. The van der Waals surface area contributed by atoms with Crippen LogP contribution in [0.15, 0.2) is 36.8 Å². The van der Waals surface area contributed by atoms with Gasteiger partial charge in [-0.1, -0.05) is 0 Å². The van der Waals surface area contributed by atoms with Crippen molar-refractivity contribution in [1.82, 2.24) is 14.8 Å². The third-order valence-corrected chi connectivity index (χ3v) is 2.24. The van der Waals surface area contributed by atoms with Crippen LogP contribution >= 0.6 is 0 Å². The molecular weight excluding hydrogens is 202 g/mol. The van der Waals surface area contributed by atoms with Gasteiger partial charge in [-0.3, -0.25) is 4.68 Å². The van der Waals surface area contributed by atoms with Crippen LogP contribution in [-0.4, -0.2) is 20.8 Å². The van der Waals surface area contributed by atoms with E-state index in [0.717, 1.165) is 12.4 Å². The van der Waals surface area contributed by atoms with Crippen LogP contribution in [0.4, 0.5) is 11.5 Å². The van der Waals surface area contributed by atoms with Crippen molar-refractivity contribution >= 4 is 11.5 Å². The predicted octanol–water partition coefficient (Wildman–Crippen LogP) is 1.36. The highest BCUT2D eigenvalue weighted by molar-refractivity contribution is 5.60. The van der Waals surface area contributed by atoms with E-state index in [0.29, 0.717) is 5.69 Å². The molecule has 2 aromatic heterocycles. The summed E-state index contributed by atoms with van der Waals surface area (Å²) in [5, 5.41) is 7.40. The van der Waals surface area contributed by atoms with Crippen molar-refractivity contribution in [3.63, 3.8) is 0 Å². The molecule has 0 aromatic carbocycles. The van der Waals surface area contributed by atoms with Gasteiger partial charge in [0, 0.05) is 24.6 Å². The van der Waals surface area contributed by atoms with Crippen molar-refractivity contribution in [1.29, 1.82) is 0 Å². The lowest BCUT2D eigenvalue weighted by Crippen LogP contribution is -2.23. The highest BCUT2D eigenvalue weighted by Gasteiger charge is 2.05. The summed E-state index contributed by atoms with van der Waals surface area (Å²) in [5.74, 6) is 0.724. The zero-order chi connectivity index (χ0) is 11.4. The zero-order valence-corrected chi connectivity index (χ0v) is 9.17. The Morgan fingerprint density at radius 1 is 1.44 bits per heavy atom. The van der Waals surface area contributed by atoms with Crippen LogP contribution < -0.4 is 11.1 Å². The summed E-state index contributed by atoms with van der Waals surface area (Å²) < 4.78 is 1.87. The number of hydrogen-bond donors (Lipinski definition) is 2. The Bertz CT molecular complexity index is 437. The van der Waals surface area contributed by atoms with Gasteiger partial charge in [-0.2, -0.15) is 5.10 Å². The number of rotatable bonds is 4. The van der Waals surface area contributed by atoms with Gasteiger partial charge in [0.15, 0.2) is 0 Å². The van der Waals surface area contributed by atoms with Crippen molar-refractivity contribution in [3.05, 3.63) is 36.8 Å². The number of hydrogen-bond acceptors (Lipinski definition) is 4. The molecular formula is C11H15N5. The summed E-state index contributed by atoms with van der Waals surface area (Å²) >= 11 is 0. The van der Waals surface area contributed by atoms with Gasteiger partial charge in [-0.15, -0.1) is 0 Å². The highest BCUT2D eigenvalue weighted by Crippen LogP contribution is 2.14. The molecule has 0 aliphatic rings. The van der Waals surface area contributed by atoms with Gasteiger partial charge in [0.2, 0.25) is 0 Å². The Kier molecular flexibility index (Phi) is 3.05. The van der Waals surface area contributed by atoms with E-state index in [-0.39, 0.29) is 6.04 Å². The van der Waals surface area contributed by atoms with Crippen molar-refractivity contribution in [2.24, 2.45) is 0 Å². The molecule has 0 fully saturated rings. The molecule has 0 amide bonds. The van der Waals surface area contributed by atoms with Crippen LogP contribution in [0.3, 0.4) is 0 Å². The fourth-order valence-electron chi connectivity index (χ4n) is 1.51. The lowest BCUT2D eigenvalue weighted by molar-refractivity contribution is 0.560. The number of nitrogens with one attached hydrogen (secondary N) is 1. The minimum atomic E-state index is 0.220. The smallest absolute Gasteiger partial charge is 0.149 e. The molecule has 16 heavy (non-hydrogen) atoms. The lowest BCUT2D eigenvalue weighted by atomic mass is 10.3. The van der Waals surface area contributed by atoms with Crippen molar-refractivity contribution in [3.8, 4) is 0 Å². The molecule has 0 spiro atoms. The average Bonchev–Trinajstić information content (AvgIpc) is 2.74. The third-order valence-electron chi connectivity index (χ3n) is 2.24. The molecule has 84 valence electrons. The molecule has 3 N–H and O–H groups in total. The summed E-state index contributed by atoms with van der Waals surface area (Å²) in [6.45, 7) is 2.85. The molecule has 0 bridgehead atoms. The van der Waals surface area contributed by atoms with Crippen LogP contribution in [0, 0.1) is 0 Å². The molecule has 2 rings (SSSR count). The molecule has 0 aliphatic heterocycles. The minimum Gasteiger partial charge on any atom is -0.396 e. The second-order valence-corrected chi connectivity index (χ2v) is 3.71. The molecule has 2 aromatic rings. The molecule has 0 saturated heterocycles. The first-order chi connectivity index (χ1) is 7.75. The normalized spacial score (nSPS) is 12.3. The summed E-state index contributed by atoms with van der Waals surface area (Å²) in [5.41, 5.74) is 6.46. The van der Waals surface area contributed by atoms with Gasteiger partial charge in [0.05, 0.1) is 12.2 Å². The molecule has 1 unspecified atom stereocenters. The summed E-state index contributed by atoms with van der Waals surface area (Å²) in [7, 11) is 0. The Morgan fingerprint density at radius 3 is 3.00 bits per heavy atom. The first kappa shape index (κ1) is 10.5. The molecule has 5 nitrogen and oxygen atoms in total. The van der Waals surface area contributed by atoms with E-state index >= 15 is 0 Å². The van der Waals surface area contributed by atoms with Gasteiger partial charge in [-0.25, -0.2) is 4.98 Å². The molecule has 0 radical (unpaired) electrons. The van der Waals surface area contributed by atoms with E-state index in [9.17, 15) is 0 Å². The number of nitrogen functional groups attached to an aromatic ring is 1. The second kappa shape index (κ2) is 4.65. The SMILES string of the molecule is CC(Cn1cccn1)Nc1ncccc1N. The average molecular weight is 217 g/mol. The zero-order valence-electron chi connectivity index (χ0n) is 9.17. The van der Waals surface area contributed by atoms with E-state index in [4.69, 9.17) is 5.73 Å². The monoisotopic (exact) mass is 217 g/mol. The Morgan fingerprint density at radius 2 is 2.31 bits per heavy atom. The summed E-state index contributed by atoms with van der Waals surface area (Å²) in [4.78, 5) is 4.18. The van der Waals surface area contributed by atoms with Crippen molar-refractivity contribution < 1.29 is 0 Å². The number of pyridine rings is 1. The van der Waals surface area contributed by atoms with Gasteiger partial charge in [0.25, 0.3) is 0 Å². The minimum absolute atomic E-state index is 0.220. The first-order valence-electron chi connectivity index (χ1n) is 5.20. The van der Waals surface area contributed by atoms with Gasteiger partial charge in [-0.05, 0) is 25.1 Å². The second-order valence-electron chi connectivity index (χ2n) is 3.71. The molecule has 1 atom stereocenters. The van der Waals surface area contributed by atoms with Crippen molar-refractivity contribution in [2.45, 2.75) is 19.5 Å². The Hall–Kier alpha value is -2.04. The molecule has 0 aliphatic carbocycles. The van der Waals surface area contributed by atoms with E-state index in [2.05, 4.69) is 22.3 Å². The fraction of sp³-hybridized carbons (Fsp3) is 0.273. The van der Waals surface area contributed by atoms with Gasteiger partial charge in [0.1, 0.15) is 5.82 Å². The lowest BCUT2D eigenvalue weighted by Gasteiger charge is -2.15. The van der Waals surface area contributed by atoms with Gasteiger partial charge < -0.3 is 11.1 Å². The van der Waals surface area contributed by atoms with E-state index in [1.54, 1.807) is 12.4 Å². The Balaban J connectivity index is 1.97. The Labute approximate surface area is 94.3 Å². The maximum absolute atomic E-state index is 5.79. The standard InChI is InChI=1S/C11H15N5/c1-9(8-16-7-3-6-14-16)15-11-10(12)4-2-5-13-11/h2-7,9H,8,12H2,1H3,(H,13,15). The maximum Gasteiger partial charge on any atom is 0.149 e. The number of aromatic nitrogens is 3. The number of nitrogens with zero attached hydrogens (tertiary/aromatic N) is 3. The summed E-state index contributed by atoms with van der Waals surface area (Å²) in [6, 6.07) is 5.77. The van der Waals surface area contributed by atoms with Crippen molar-refractivity contribution in [2.75, 3.05) is 11.1 Å². The van der Waals surface area contributed by atoms with E-state index in [1.807, 2.05) is 29.1 Å². The molecule has 5 heteroatoms. The van der Waals surface area contributed by atoms with E-state index < -0.39 is 0 Å². The highest BCUT2D eigenvalue weighted by atomic mass is 15.3. The molecule has 0 saturated carbocycles. The molecule has 2 heterocycles. The maximum atomic E-state index is 5.79. The van der Waals surface area contributed by atoms with E-state index in [1.165, 1.54) is 0 Å². The van der Waals surface area contributed by atoms with Crippen LogP contribution in [0.5, 0.6) is 0 Å². The quantitative estimate of drug-likeness (QED) is 0.811. The van der Waals surface area contributed by atoms with Crippen LogP contribution in [-0.2, 0) is 6.54 Å².